The van der Waals surface area contributed by atoms with E-state index in [-0.39, 0.29) is 11.5 Å². The van der Waals surface area contributed by atoms with Crippen molar-refractivity contribution in [3.8, 4) is 34.5 Å². The smallest absolute Gasteiger partial charge is 0.177 e. The summed E-state index contributed by atoms with van der Waals surface area (Å²) in [4.78, 5) is 0. The fourth-order valence-corrected chi connectivity index (χ4v) is 5.35. The summed E-state index contributed by atoms with van der Waals surface area (Å²) in [5, 5.41) is 22.2. The molecular formula is C33H50O4. The topological polar surface area (TPSA) is 58.9 Å². The molecule has 0 aliphatic carbocycles. The summed E-state index contributed by atoms with van der Waals surface area (Å²) in [5.74, 6) is 2.64. The lowest BCUT2D eigenvalue weighted by Crippen LogP contribution is -2.08. The molecule has 1 aliphatic heterocycles. The molecule has 0 atom stereocenters. The molecule has 0 radical (unpaired) electrons. The van der Waals surface area contributed by atoms with E-state index in [9.17, 15) is 10.2 Å². The molecule has 0 fully saturated rings. The second-order valence-electron chi connectivity index (χ2n) is 10.8. The van der Waals surface area contributed by atoms with Crippen LogP contribution in [0.2, 0.25) is 0 Å². The number of aryl methyl sites for hydroxylation is 1. The largest absolute Gasteiger partial charge is 0.504 e. The maximum Gasteiger partial charge on any atom is 0.177 e. The third-order valence-electron chi connectivity index (χ3n) is 7.64. The number of hydrogen-bond donors (Lipinski definition) is 2. The van der Waals surface area contributed by atoms with Gasteiger partial charge in [-0.25, -0.2) is 0 Å². The number of fused-ring (bicyclic) bond motifs is 2. The predicted octanol–water partition coefficient (Wildman–Crippen LogP) is 10.5. The molecule has 0 saturated carbocycles. The first-order valence-electron chi connectivity index (χ1n) is 15.2. The molecule has 2 aromatic rings. The summed E-state index contributed by atoms with van der Waals surface area (Å²) < 4.78 is 13.1. The van der Waals surface area contributed by atoms with Crippen LogP contribution >= 0.6 is 0 Å². The lowest BCUT2D eigenvalue weighted by molar-refractivity contribution is 0.331. The molecule has 0 unspecified atom stereocenters. The van der Waals surface area contributed by atoms with E-state index in [0.717, 1.165) is 49.8 Å². The number of benzene rings is 2. The Kier molecular flexibility index (Phi) is 12.5. The molecule has 2 aromatic carbocycles. The van der Waals surface area contributed by atoms with Gasteiger partial charge in [0.15, 0.2) is 34.5 Å². The van der Waals surface area contributed by atoms with Crippen molar-refractivity contribution < 1.29 is 19.7 Å². The summed E-state index contributed by atoms with van der Waals surface area (Å²) in [6, 6.07) is 6.12. The Bertz CT molecular complexity index is 966. The van der Waals surface area contributed by atoms with Crippen LogP contribution in [0.5, 0.6) is 34.5 Å². The van der Waals surface area contributed by atoms with Crippen molar-refractivity contribution in [2.45, 2.75) is 136 Å². The van der Waals surface area contributed by atoms with Crippen LogP contribution in [0.15, 0.2) is 18.2 Å². The van der Waals surface area contributed by atoms with E-state index < -0.39 is 0 Å². The zero-order valence-corrected chi connectivity index (χ0v) is 23.7. The first-order chi connectivity index (χ1) is 18.1. The minimum atomic E-state index is -0.0306. The molecule has 0 aromatic heterocycles. The zero-order valence-electron chi connectivity index (χ0n) is 23.7. The van der Waals surface area contributed by atoms with Gasteiger partial charge in [-0.05, 0) is 50.2 Å². The first-order valence-corrected chi connectivity index (χ1v) is 15.2. The van der Waals surface area contributed by atoms with E-state index in [1.54, 1.807) is 0 Å². The maximum absolute atomic E-state index is 11.1. The highest BCUT2D eigenvalue weighted by atomic mass is 16.6. The molecule has 1 heterocycles. The SMILES string of the molecule is CCCCCCCc1cccc2c1Oc1c(CCCCCCC)c(O)c(O)c(CCCCCCC)c1O2. The summed E-state index contributed by atoms with van der Waals surface area (Å²) in [6.45, 7) is 6.67. The van der Waals surface area contributed by atoms with Gasteiger partial charge >= 0.3 is 0 Å². The molecular weight excluding hydrogens is 460 g/mol. The molecule has 1 aliphatic rings. The van der Waals surface area contributed by atoms with Crippen molar-refractivity contribution in [2.75, 3.05) is 0 Å². The number of aromatic hydroxyl groups is 2. The highest BCUT2D eigenvalue weighted by Gasteiger charge is 2.31. The molecule has 0 bridgehead atoms. The van der Waals surface area contributed by atoms with Gasteiger partial charge in [-0.15, -0.1) is 0 Å². The van der Waals surface area contributed by atoms with E-state index in [1.807, 2.05) is 12.1 Å². The van der Waals surface area contributed by atoms with Crippen molar-refractivity contribution in [3.05, 3.63) is 34.9 Å². The zero-order chi connectivity index (χ0) is 26.5. The van der Waals surface area contributed by atoms with Gasteiger partial charge in [0.25, 0.3) is 0 Å². The van der Waals surface area contributed by atoms with Crippen LogP contribution in [0.1, 0.15) is 134 Å². The van der Waals surface area contributed by atoms with Crippen LogP contribution in [-0.2, 0) is 19.3 Å². The van der Waals surface area contributed by atoms with Gasteiger partial charge in [0.2, 0.25) is 0 Å². The fourth-order valence-electron chi connectivity index (χ4n) is 5.35. The number of para-hydroxylation sites is 1. The second-order valence-corrected chi connectivity index (χ2v) is 10.8. The van der Waals surface area contributed by atoms with E-state index in [2.05, 4.69) is 26.8 Å². The Morgan fingerprint density at radius 1 is 0.514 bits per heavy atom. The lowest BCUT2D eigenvalue weighted by atomic mass is 9.95. The van der Waals surface area contributed by atoms with Gasteiger partial charge in [0.05, 0.1) is 0 Å². The van der Waals surface area contributed by atoms with Crippen molar-refractivity contribution in [3.63, 3.8) is 0 Å². The summed E-state index contributed by atoms with van der Waals surface area (Å²) >= 11 is 0. The predicted molar refractivity (Wildman–Crippen MR) is 154 cm³/mol. The van der Waals surface area contributed by atoms with Gasteiger partial charge < -0.3 is 19.7 Å². The van der Waals surface area contributed by atoms with Crippen LogP contribution in [0.25, 0.3) is 0 Å². The van der Waals surface area contributed by atoms with Crippen molar-refractivity contribution in [2.24, 2.45) is 0 Å². The van der Waals surface area contributed by atoms with Gasteiger partial charge in [-0.3, -0.25) is 0 Å². The van der Waals surface area contributed by atoms with E-state index in [4.69, 9.17) is 9.47 Å². The second kappa shape index (κ2) is 15.8. The summed E-state index contributed by atoms with van der Waals surface area (Å²) in [7, 11) is 0. The quantitative estimate of drug-likeness (QED) is 0.132. The fraction of sp³-hybridized carbons (Fsp3) is 0.636. The minimum absolute atomic E-state index is 0.0260. The molecule has 206 valence electrons. The summed E-state index contributed by atoms with van der Waals surface area (Å²) in [5.41, 5.74) is 2.51. The molecule has 0 amide bonds. The third-order valence-corrected chi connectivity index (χ3v) is 7.64. The minimum Gasteiger partial charge on any atom is -0.504 e. The number of phenols is 2. The Labute approximate surface area is 225 Å². The number of rotatable bonds is 18. The monoisotopic (exact) mass is 510 g/mol. The normalized spacial score (nSPS) is 12.1. The molecule has 0 saturated heterocycles. The van der Waals surface area contributed by atoms with E-state index in [1.165, 1.54) is 64.2 Å². The van der Waals surface area contributed by atoms with Gasteiger partial charge in [-0.2, -0.15) is 0 Å². The molecule has 2 N–H and O–H groups in total. The Morgan fingerprint density at radius 3 is 1.49 bits per heavy atom. The molecule has 4 nitrogen and oxygen atoms in total. The van der Waals surface area contributed by atoms with Crippen LogP contribution in [0.4, 0.5) is 0 Å². The standard InChI is InChI=1S/C33H50O4/c1-4-7-10-13-16-20-25-21-19-24-28-31(25)37-33-27(23-18-15-12-9-6-3)30(35)29(34)26(32(33)36-28)22-17-14-11-8-5-2/h19,21,24,34-35H,4-18,20,22-23H2,1-3H3. The molecule has 0 spiro atoms. The number of hydrogen-bond acceptors (Lipinski definition) is 4. The summed E-state index contributed by atoms with van der Waals surface area (Å²) in [6.07, 6.45) is 19.7. The van der Waals surface area contributed by atoms with Crippen LogP contribution in [-0.4, -0.2) is 10.2 Å². The van der Waals surface area contributed by atoms with Crippen molar-refractivity contribution in [1.82, 2.24) is 0 Å². The van der Waals surface area contributed by atoms with Crippen LogP contribution < -0.4 is 9.47 Å². The molecule has 3 rings (SSSR count). The van der Waals surface area contributed by atoms with E-state index in [0.29, 0.717) is 41.2 Å². The average Bonchev–Trinajstić information content (AvgIpc) is 2.91. The highest BCUT2D eigenvalue weighted by molar-refractivity contribution is 5.70. The van der Waals surface area contributed by atoms with Crippen molar-refractivity contribution >= 4 is 0 Å². The first kappa shape index (κ1) is 29.2. The van der Waals surface area contributed by atoms with Gasteiger partial charge in [-0.1, -0.05) is 110 Å². The number of unbranched alkanes of at least 4 members (excludes halogenated alkanes) is 12. The third kappa shape index (κ3) is 8.06. The Hall–Kier alpha value is -2.36. The molecule has 37 heavy (non-hydrogen) atoms. The Balaban J connectivity index is 1.87. The van der Waals surface area contributed by atoms with Crippen LogP contribution in [0.3, 0.4) is 0 Å². The lowest BCUT2D eigenvalue weighted by Gasteiger charge is -2.28. The molecule has 4 heteroatoms. The maximum atomic E-state index is 11.1. The van der Waals surface area contributed by atoms with Crippen LogP contribution in [0, 0.1) is 0 Å². The highest BCUT2D eigenvalue weighted by Crippen LogP contribution is 2.56. The van der Waals surface area contributed by atoms with Crippen molar-refractivity contribution in [1.29, 1.82) is 0 Å². The van der Waals surface area contributed by atoms with Gasteiger partial charge in [0.1, 0.15) is 0 Å². The van der Waals surface area contributed by atoms with E-state index >= 15 is 0 Å². The van der Waals surface area contributed by atoms with Gasteiger partial charge in [0, 0.05) is 11.1 Å². The Morgan fingerprint density at radius 2 is 0.973 bits per heavy atom. The average molecular weight is 511 g/mol. The number of ether oxygens (including phenoxy) is 2. The number of phenolic OH excluding ortho intramolecular Hbond substituents is 2.